The number of β-amino-alcohol motifs (C(OH)–C–C–N with tert-alkyl or cyclic N) is 1. The van der Waals surface area contributed by atoms with E-state index in [0.717, 1.165) is 35.2 Å². The number of likely N-dealkylation sites (tertiary alicyclic amines) is 2. The number of halogens is 3. The average Bonchev–Trinajstić information content (AvgIpc) is 3.95. The molecule has 276 valence electrons. The van der Waals surface area contributed by atoms with Gasteiger partial charge in [0.05, 0.1) is 36.0 Å². The van der Waals surface area contributed by atoms with E-state index >= 15 is 0 Å². The lowest BCUT2D eigenvalue weighted by Gasteiger charge is -2.24. The van der Waals surface area contributed by atoms with Gasteiger partial charge in [-0.15, -0.1) is 0 Å². The highest BCUT2D eigenvalue weighted by Gasteiger charge is 2.38. The van der Waals surface area contributed by atoms with Gasteiger partial charge in [-0.1, -0.05) is 41.9 Å². The molecular weight excluding hydrogens is 708 g/mol. The number of hydrogen-bond donors (Lipinski definition) is 2. The largest absolute Gasteiger partial charge is 0.481 e. The van der Waals surface area contributed by atoms with Gasteiger partial charge in [-0.25, -0.2) is 9.97 Å². The zero-order valence-corrected chi connectivity index (χ0v) is 29.9. The van der Waals surface area contributed by atoms with Gasteiger partial charge in [0.1, 0.15) is 11.2 Å². The standard InChI is InChI=1S/C39H38ClF2N5O6/c1-20-23(25-7-4-8-27(33(25)40)30-16-43-31(37(45-30)51-2)19-46-13-12-22(48)18-46)5-3-6-24(20)36-44-29-15-28-26(34(35(29)52-36)53-39(41)42)9-10-32(28)47-14-11-21(17-47)38(49)50/h3-8,15-16,21-22,32,39,48H,9-14,17-19H2,1-2H3,(H,49,50)/t21-,22-,32-/m1/s1. The molecule has 2 N–H and O–H groups in total. The summed E-state index contributed by atoms with van der Waals surface area (Å²) in [5.74, 6) is -0.673. The molecule has 0 amide bonds. The Labute approximate surface area is 309 Å². The van der Waals surface area contributed by atoms with E-state index < -0.39 is 18.5 Å². The Morgan fingerprint density at radius 1 is 1.06 bits per heavy atom. The van der Waals surface area contributed by atoms with Crippen LogP contribution in [0.1, 0.15) is 47.7 Å². The molecular formula is C39H38ClF2N5O6. The van der Waals surface area contributed by atoms with Crippen molar-refractivity contribution in [3.8, 4) is 45.5 Å². The molecule has 11 nitrogen and oxygen atoms in total. The highest BCUT2D eigenvalue weighted by atomic mass is 35.5. The number of aromatic nitrogens is 3. The van der Waals surface area contributed by atoms with Crippen molar-refractivity contribution < 1.29 is 37.7 Å². The summed E-state index contributed by atoms with van der Waals surface area (Å²) >= 11 is 7.11. The topological polar surface area (TPSA) is 134 Å². The van der Waals surface area contributed by atoms with E-state index in [-0.39, 0.29) is 29.4 Å². The molecule has 0 bridgehead atoms. The Bertz CT molecular complexity index is 2220. The monoisotopic (exact) mass is 745 g/mol. The first kappa shape index (κ1) is 35.3. The highest BCUT2D eigenvalue weighted by Crippen LogP contribution is 2.47. The predicted octanol–water partition coefficient (Wildman–Crippen LogP) is 7.15. The van der Waals surface area contributed by atoms with Crippen LogP contribution in [0.3, 0.4) is 0 Å². The van der Waals surface area contributed by atoms with Gasteiger partial charge >= 0.3 is 12.6 Å². The Morgan fingerprint density at radius 2 is 1.83 bits per heavy atom. The minimum Gasteiger partial charge on any atom is -0.481 e. The number of oxazole rings is 1. The highest BCUT2D eigenvalue weighted by molar-refractivity contribution is 6.36. The van der Waals surface area contributed by atoms with Crippen LogP contribution in [0, 0.1) is 12.8 Å². The number of aliphatic hydroxyl groups is 1. The van der Waals surface area contributed by atoms with Crippen LogP contribution in [0.2, 0.25) is 5.02 Å². The number of alkyl halides is 2. The van der Waals surface area contributed by atoms with Gasteiger partial charge in [-0.2, -0.15) is 8.78 Å². The van der Waals surface area contributed by atoms with E-state index in [9.17, 15) is 23.8 Å². The third-order valence-electron chi connectivity index (χ3n) is 10.8. The molecule has 5 aromatic rings. The third-order valence-corrected chi connectivity index (χ3v) is 11.2. The second kappa shape index (κ2) is 14.3. The number of nitrogens with zero attached hydrogens (tertiary/aromatic N) is 5. The number of fused-ring (bicyclic) bond motifs is 2. The number of carboxylic acid groups (broad SMARTS) is 1. The summed E-state index contributed by atoms with van der Waals surface area (Å²) in [6, 6.07) is 13.1. The van der Waals surface area contributed by atoms with Crippen LogP contribution in [0.25, 0.3) is 44.9 Å². The summed E-state index contributed by atoms with van der Waals surface area (Å²) in [4.78, 5) is 30.1. The maximum absolute atomic E-state index is 13.8. The van der Waals surface area contributed by atoms with E-state index in [2.05, 4.69) is 14.8 Å². The smallest absolute Gasteiger partial charge is 0.387 e. The summed E-state index contributed by atoms with van der Waals surface area (Å²) < 4.78 is 44.7. The number of carbonyl (C=O) groups is 1. The van der Waals surface area contributed by atoms with Crippen LogP contribution in [0.4, 0.5) is 8.78 Å². The molecule has 0 radical (unpaired) electrons. The summed E-state index contributed by atoms with van der Waals surface area (Å²) in [6.45, 7) is 1.72. The zero-order chi connectivity index (χ0) is 37.0. The van der Waals surface area contributed by atoms with Crippen molar-refractivity contribution in [3.05, 3.63) is 76.1 Å². The third kappa shape index (κ3) is 6.60. The molecule has 2 aromatic heterocycles. The number of aliphatic carboxylic acids is 1. The Kier molecular flexibility index (Phi) is 9.52. The number of ether oxygens (including phenoxy) is 2. The van der Waals surface area contributed by atoms with Crippen molar-refractivity contribution in [2.75, 3.05) is 33.3 Å². The number of benzene rings is 3. The van der Waals surface area contributed by atoms with Crippen molar-refractivity contribution in [1.82, 2.24) is 24.8 Å². The molecule has 0 spiro atoms. The summed E-state index contributed by atoms with van der Waals surface area (Å²) in [5.41, 5.74) is 6.88. The summed E-state index contributed by atoms with van der Waals surface area (Å²) in [5, 5.41) is 20.0. The van der Waals surface area contributed by atoms with Crippen LogP contribution in [-0.2, 0) is 17.8 Å². The number of methoxy groups -OCH3 is 1. The fourth-order valence-corrected chi connectivity index (χ4v) is 8.45. The normalized spacial score (nSPS) is 20.5. The van der Waals surface area contributed by atoms with E-state index in [1.54, 1.807) is 13.3 Å². The fourth-order valence-electron chi connectivity index (χ4n) is 8.13. The lowest BCUT2D eigenvalue weighted by atomic mass is 9.94. The lowest BCUT2D eigenvalue weighted by molar-refractivity contribution is -0.141. The van der Waals surface area contributed by atoms with Gasteiger partial charge in [0, 0.05) is 54.5 Å². The second-order valence-electron chi connectivity index (χ2n) is 13.9. The zero-order valence-electron chi connectivity index (χ0n) is 29.2. The molecule has 53 heavy (non-hydrogen) atoms. The number of rotatable bonds is 10. The molecule has 3 atom stereocenters. The van der Waals surface area contributed by atoms with Gasteiger partial charge in [-0.3, -0.25) is 19.6 Å². The van der Waals surface area contributed by atoms with Crippen molar-refractivity contribution >= 4 is 28.7 Å². The minimum atomic E-state index is -3.07. The molecule has 8 rings (SSSR count). The van der Waals surface area contributed by atoms with Gasteiger partial charge in [-0.05, 0) is 68.0 Å². The molecule has 3 aliphatic rings. The van der Waals surface area contributed by atoms with E-state index in [0.29, 0.717) is 89.9 Å². The van der Waals surface area contributed by atoms with Crippen molar-refractivity contribution in [2.24, 2.45) is 5.92 Å². The van der Waals surface area contributed by atoms with Gasteiger partial charge in [0.25, 0.3) is 0 Å². The molecule has 1 aliphatic carbocycles. The molecule has 14 heteroatoms. The van der Waals surface area contributed by atoms with E-state index in [4.69, 9.17) is 35.5 Å². The van der Waals surface area contributed by atoms with Crippen LogP contribution in [-0.4, -0.2) is 86.9 Å². The second-order valence-corrected chi connectivity index (χ2v) is 14.3. The maximum atomic E-state index is 13.8. The Balaban J connectivity index is 1.14. The molecule has 4 heterocycles. The van der Waals surface area contributed by atoms with Crippen LogP contribution in [0.15, 0.2) is 53.1 Å². The van der Waals surface area contributed by atoms with Crippen molar-refractivity contribution in [3.63, 3.8) is 0 Å². The number of hydrogen-bond acceptors (Lipinski definition) is 10. The van der Waals surface area contributed by atoms with Crippen LogP contribution in [0.5, 0.6) is 11.6 Å². The van der Waals surface area contributed by atoms with E-state index in [1.807, 2.05) is 49.4 Å². The van der Waals surface area contributed by atoms with Gasteiger partial charge in [0.15, 0.2) is 11.3 Å². The lowest BCUT2D eigenvalue weighted by Crippen LogP contribution is -2.26. The SMILES string of the molecule is COc1nc(-c2cccc(-c3cccc(-c4nc5cc6c(c(OC(F)F)c5o4)CC[C@H]6N4CC[C@@H](C(=O)O)C4)c3C)c2Cl)cnc1CN1CC[C@@H](O)C1. The molecule has 3 aromatic carbocycles. The first-order chi connectivity index (χ1) is 25.6. The minimum absolute atomic E-state index is 0.0205. The van der Waals surface area contributed by atoms with Crippen molar-refractivity contribution in [2.45, 2.75) is 57.9 Å². The first-order valence-corrected chi connectivity index (χ1v) is 18.0. The molecule has 2 saturated heterocycles. The van der Waals surface area contributed by atoms with Crippen molar-refractivity contribution in [1.29, 1.82) is 0 Å². The molecule has 2 aliphatic heterocycles. The fraction of sp³-hybridized carbons (Fsp3) is 0.385. The van der Waals surface area contributed by atoms with Crippen LogP contribution < -0.4 is 9.47 Å². The Hall–Kier alpha value is -4.69. The average molecular weight is 746 g/mol. The quantitative estimate of drug-likeness (QED) is 0.151. The van der Waals surface area contributed by atoms with Gasteiger partial charge < -0.3 is 24.1 Å². The molecule has 2 fully saturated rings. The number of carboxylic acids is 1. The van der Waals surface area contributed by atoms with Crippen LogP contribution >= 0.6 is 11.6 Å². The predicted molar refractivity (Wildman–Crippen MR) is 193 cm³/mol. The Morgan fingerprint density at radius 3 is 2.55 bits per heavy atom. The number of aliphatic hydroxyl groups excluding tert-OH is 1. The maximum Gasteiger partial charge on any atom is 0.387 e. The van der Waals surface area contributed by atoms with E-state index in [1.165, 1.54) is 0 Å². The molecule has 0 saturated carbocycles. The first-order valence-electron chi connectivity index (χ1n) is 17.7. The summed E-state index contributed by atoms with van der Waals surface area (Å²) in [7, 11) is 1.55. The van der Waals surface area contributed by atoms with Gasteiger partial charge in [0.2, 0.25) is 11.8 Å². The summed E-state index contributed by atoms with van der Waals surface area (Å²) in [6.07, 6.45) is 3.74. The molecule has 0 unspecified atom stereocenters.